The molecule has 0 saturated heterocycles. The molecule has 0 radical (unpaired) electrons. The number of ether oxygens (including phenoxy) is 1. The minimum absolute atomic E-state index is 0.0161. The summed E-state index contributed by atoms with van der Waals surface area (Å²) >= 11 is 1.11. The number of hydrogen-bond acceptors (Lipinski definition) is 9. The first-order chi connectivity index (χ1) is 19.1. The number of carbonyl (C=O) groups is 2. The Labute approximate surface area is 233 Å². The number of imidazole rings is 1. The molecule has 0 bridgehead atoms. The molecule has 0 spiro atoms. The van der Waals surface area contributed by atoms with Crippen LogP contribution in [0.15, 0.2) is 71.6 Å². The highest BCUT2D eigenvalue weighted by Gasteiger charge is 2.21. The van der Waals surface area contributed by atoms with Crippen LogP contribution in [0, 0.1) is 13.8 Å². The topological polar surface area (TPSA) is 156 Å². The zero-order valence-electron chi connectivity index (χ0n) is 21.6. The highest BCUT2D eigenvalue weighted by Crippen LogP contribution is 2.23. The van der Waals surface area contributed by atoms with E-state index >= 15 is 0 Å². The predicted octanol–water partition coefficient (Wildman–Crippen LogP) is 4.68. The predicted molar refractivity (Wildman–Crippen MR) is 152 cm³/mol. The Morgan fingerprint density at radius 2 is 1.70 bits per heavy atom. The van der Waals surface area contributed by atoms with Gasteiger partial charge in [0.05, 0.1) is 21.5 Å². The molecule has 5 aromatic rings. The lowest BCUT2D eigenvalue weighted by Gasteiger charge is -2.14. The maximum absolute atomic E-state index is 12.8. The highest BCUT2D eigenvalue weighted by atomic mass is 32.2. The molecular weight excluding hydrogens is 552 g/mol. The molecule has 0 aliphatic carbocycles. The van der Waals surface area contributed by atoms with Gasteiger partial charge in [-0.1, -0.05) is 41.2 Å². The summed E-state index contributed by atoms with van der Waals surface area (Å²) in [6.45, 7) is 5.17. The molecule has 3 N–H and O–H groups in total. The van der Waals surface area contributed by atoms with Gasteiger partial charge in [-0.15, -0.1) is 10.2 Å². The molecule has 13 heteroatoms. The molecule has 0 aliphatic rings. The van der Waals surface area contributed by atoms with E-state index in [1.807, 2.05) is 31.2 Å². The second-order valence-corrected chi connectivity index (χ2v) is 11.8. The number of esters is 1. The number of aromatic nitrogens is 4. The number of hydrogen-bond donors (Lipinski definition) is 3. The summed E-state index contributed by atoms with van der Waals surface area (Å²) in [5.41, 5.74) is 4.01. The fraction of sp³-hybridized carbons (Fsp3) is 0.148. The molecule has 0 aliphatic heterocycles. The summed E-state index contributed by atoms with van der Waals surface area (Å²) < 4.78 is 32.8. The van der Waals surface area contributed by atoms with E-state index in [1.165, 1.54) is 31.2 Å². The Kier molecular flexibility index (Phi) is 7.32. The Morgan fingerprint density at radius 3 is 2.38 bits per heavy atom. The third-order valence-electron chi connectivity index (χ3n) is 5.88. The van der Waals surface area contributed by atoms with Crippen molar-refractivity contribution in [2.45, 2.75) is 31.8 Å². The minimum atomic E-state index is -3.87. The molecular formula is C27H24N6O5S2. The molecule has 0 saturated carbocycles. The number of nitrogens with zero attached hydrogens (tertiary/aromatic N) is 3. The van der Waals surface area contributed by atoms with E-state index in [4.69, 9.17) is 4.74 Å². The van der Waals surface area contributed by atoms with E-state index in [-0.39, 0.29) is 15.6 Å². The number of anilines is 2. The molecule has 1 amide bonds. The van der Waals surface area contributed by atoms with Gasteiger partial charge in [0.15, 0.2) is 6.10 Å². The number of nitrogens with one attached hydrogen (secondary N) is 3. The SMILES string of the molecule is Cc1ccc(-c2nc3ccc(C(=O)OC(C)C(=O)Nc4ccc(S(=O)(=O)Nc5nnc(C)s5)cc4)cc3[nH]2)cc1. The van der Waals surface area contributed by atoms with Crippen LogP contribution in [0.5, 0.6) is 0 Å². The average Bonchev–Trinajstić information content (AvgIpc) is 3.54. The number of sulfonamides is 1. The smallest absolute Gasteiger partial charge is 0.338 e. The van der Waals surface area contributed by atoms with Gasteiger partial charge >= 0.3 is 5.97 Å². The number of aryl methyl sites for hydroxylation is 2. The van der Waals surface area contributed by atoms with E-state index < -0.39 is 28.0 Å². The average molecular weight is 577 g/mol. The van der Waals surface area contributed by atoms with E-state index in [0.717, 1.165) is 22.5 Å². The highest BCUT2D eigenvalue weighted by molar-refractivity contribution is 7.93. The number of carbonyl (C=O) groups excluding carboxylic acids is 2. The van der Waals surface area contributed by atoms with Crippen molar-refractivity contribution in [3.05, 3.63) is 82.9 Å². The van der Waals surface area contributed by atoms with Gasteiger partial charge in [0.2, 0.25) is 5.13 Å². The zero-order valence-corrected chi connectivity index (χ0v) is 23.3. The number of fused-ring (bicyclic) bond motifs is 1. The standard InChI is InChI=1S/C27H24N6O5S2/c1-15-4-6-18(7-5-15)24-29-22-13-8-19(14-23(22)30-24)26(35)38-16(2)25(34)28-20-9-11-21(12-10-20)40(36,37)33-27-32-31-17(3)39-27/h4-14,16H,1-3H3,(H,28,34)(H,29,30)(H,32,33). The molecule has 0 fully saturated rings. The van der Waals surface area contributed by atoms with Crippen molar-refractivity contribution < 1.29 is 22.7 Å². The molecule has 1 atom stereocenters. The van der Waals surface area contributed by atoms with Gasteiger partial charge in [-0.2, -0.15) is 0 Å². The van der Waals surface area contributed by atoms with Crippen LogP contribution in [0.3, 0.4) is 0 Å². The van der Waals surface area contributed by atoms with Crippen molar-refractivity contribution in [3.63, 3.8) is 0 Å². The fourth-order valence-electron chi connectivity index (χ4n) is 3.74. The number of aromatic amines is 1. The normalized spacial score (nSPS) is 12.2. The van der Waals surface area contributed by atoms with Gasteiger partial charge in [-0.05, 0) is 63.2 Å². The number of benzene rings is 3. The maximum Gasteiger partial charge on any atom is 0.338 e. The Hall–Kier alpha value is -4.62. The lowest BCUT2D eigenvalue weighted by atomic mass is 10.1. The van der Waals surface area contributed by atoms with Crippen LogP contribution in [-0.2, 0) is 19.6 Å². The Morgan fingerprint density at radius 1 is 0.975 bits per heavy atom. The van der Waals surface area contributed by atoms with Gasteiger partial charge in [0.1, 0.15) is 10.8 Å². The van der Waals surface area contributed by atoms with Gasteiger partial charge in [0, 0.05) is 11.3 Å². The lowest BCUT2D eigenvalue weighted by molar-refractivity contribution is -0.123. The van der Waals surface area contributed by atoms with Gasteiger partial charge < -0.3 is 15.0 Å². The molecule has 1 unspecified atom stereocenters. The third kappa shape index (κ3) is 6.00. The summed E-state index contributed by atoms with van der Waals surface area (Å²) in [5, 5.41) is 10.9. The van der Waals surface area contributed by atoms with Crippen molar-refractivity contribution in [1.29, 1.82) is 0 Å². The number of H-pyrrole nitrogens is 1. The minimum Gasteiger partial charge on any atom is -0.449 e. The molecule has 11 nitrogen and oxygen atoms in total. The Bertz CT molecular complexity index is 1810. The summed E-state index contributed by atoms with van der Waals surface area (Å²) in [6, 6.07) is 18.4. The molecule has 40 heavy (non-hydrogen) atoms. The molecule has 3 aromatic carbocycles. The van der Waals surface area contributed by atoms with Crippen LogP contribution in [0.1, 0.15) is 27.9 Å². The number of rotatable bonds is 8. The van der Waals surface area contributed by atoms with Gasteiger partial charge in [-0.25, -0.2) is 18.2 Å². The van der Waals surface area contributed by atoms with Crippen LogP contribution >= 0.6 is 11.3 Å². The van der Waals surface area contributed by atoms with Crippen LogP contribution in [0.25, 0.3) is 22.4 Å². The van der Waals surface area contributed by atoms with E-state index in [0.29, 0.717) is 27.6 Å². The second-order valence-electron chi connectivity index (χ2n) is 8.98. The fourth-order valence-corrected chi connectivity index (χ4v) is 5.56. The summed E-state index contributed by atoms with van der Waals surface area (Å²) in [5.74, 6) is -0.565. The zero-order chi connectivity index (χ0) is 28.4. The maximum atomic E-state index is 12.8. The van der Waals surface area contributed by atoms with Crippen LogP contribution in [-0.4, -0.2) is 46.6 Å². The summed E-state index contributed by atoms with van der Waals surface area (Å²) in [7, 11) is -3.87. The van der Waals surface area contributed by atoms with E-state index in [2.05, 4.69) is 30.2 Å². The van der Waals surface area contributed by atoms with E-state index in [9.17, 15) is 18.0 Å². The first-order valence-corrected chi connectivity index (χ1v) is 14.4. The first-order valence-electron chi connectivity index (χ1n) is 12.1. The van der Waals surface area contributed by atoms with Gasteiger partial charge in [-0.3, -0.25) is 9.52 Å². The molecule has 2 heterocycles. The molecule has 2 aromatic heterocycles. The summed E-state index contributed by atoms with van der Waals surface area (Å²) in [6.07, 6.45) is -1.11. The Balaban J connectivity index is 1.21. The molecule has 204 valence electrons. The summed E-state index contributed by atoms with van der Waals surface area (Å²) in [4.78, 5) is 33.2. The largest absolute Gasteiger partial charge is 0.449 e. The third-order valence-corrected chi connectivity index (χ3v) is 8.11. The number of amides is 1. The molecule has 5 rings (SSSR count). The lowest BCUT2D eigenvalue weighted by Crippen LogP contribution is -2.30. The van der Waals surface area contributed by atoms with Gasteiger partial charge in [0.25, 0.3) is 15.9 Å². The second kappa shape index (κ2) is 10.9. The van der Waals surface area contributed by atoms with Crippen molar-refractivity contribution >= 4 is 55.1 Å². The van der Waals surface area contributed by atoms with Crippen molar-refractivity contribution in [1.82, 2.24) is 20.2 Å². The van der Waals surface area contributed by atoms with Crippen molar-refractivity contribution in [2.75, 3.05) is 10.0 Å². The van der Waals surface area contributed by atoms with Crippen LogP contribution < -0.4 is 10.0 Å². The van der Waals surface area contributed by atoms with Crippen LogP contribution in [0.2, 0.25) is 0 Å². The van der Waals surface area contributed by atoms with Crippen molar-refractivity contribution in [2.24, 2.45) is 0 Å². The van der Waals surface area contributed by atoms with E-state index in [1.54, 1.807) is 25.1 Å². The monoisotopic (exact) mass is 576 g/mol. The quantitative estimate of drug-likeness (QED) is 0.225. The van der Waals surface area contributed by atoms with Crippen molar-refractivity contribution in [3.8, 4) is 11.4 Å². The first kappa shape index (κ1) is 27.0. The van der Waals surface area contributed by atoms with Crippen LogP contribution in [0.4, 0.5) is 10.8 Å².